The Bertz CT molecular complexity index is 624. The molecule has 0 aliphatic rings. The van der Waals surface area contributed by atoms with Gasteiger partial charge in [0.05, 0.1) is 18.6 Å². The lowest BCUT2D eigenvalue weighted by Gasteiger charge is -2.35. The summed E-state index contributed by atoms with van der Waals surface area (Å²) in [6, 6.07) is 20.9. The van der Waals surface area contributed by atoms with Crippen molar-refractivity contribution in [1.82, 2.24) is 0 Å². The molecule has 0 fully saturated rings. The first kappa shape index (κ1) is 22.6. The molecular formula is C22H31IN2O. The van der Waals surface area contributed by atoms with Crippen molar-refractivity contribution in [3.63, 3.8) is 0 Å². The van der Waals surface area contributed by atoms with Crippen molar-refractivity contribution < 1.29 is 33.7 Å². The molecule has 0 radical (unpaired) electrons. The second kappa shape index (κ2) is 10.1. The summed E-state index contributed by atoms with van der Waals surface area (Å²) >= 11 is 0. The van der Waals surface area contributed by atoms with Crippen molar-refractivity contribution in [2.75, 3.05) is 6.54 Å². The lowest BCUT2D eigenvalue weighted by atomic mass is 9.71. The fourth-order valence-corrected chi connectivity index (χ4v) is 3.88. The lowest BCUT2D eigenvalue weighted by molar-refractivity contribution is -0.942. The van der Waals surface area contributed by atoms with Crippen LogP contribution >= 0.6 is 0 Å². The number of quaternary nitrogens is 1. The topological polar surface area (TPSA) is 47.5 Å². The minimum Gasteiger partial charge on any atom is -1.00 e. The Morgan fingerprint density at radius 1 is 0.885 bits per heavy atom. The molecule has 0 aliphatic carbocycles. The van der Waals surface area contributed by atoms with Gasteiger partial charge in [0.2, 0.25) is 5.91 Å². The summed E-state index contributed by atoms with van der Waals surface area (Å²) in [5.74, 6) is -0.281. The minimum atomic E-state index is -0.794. The number of nitrogens with two attached hydrogens (primary N) is 1. The van der Waals surface area contributed by atoms with Crippen LogP contribution in [0.2, 0.25) is 0 Å². The first-order valence-electron chi connectivity index (χ1n) is 9.16. The Kier molecular flexibility index (Phi) is 8.77. The molecule has 2 aromatic carbocycles. The molecule has 3 nitrogen and oxygen atoms in total. The number of benzene rings is 2. The third-order valence-corrected chi connectivity index (χ3v) is 5.23. The highest BCUT2D eigenvalue weighted by Crippen LogP contribution is 2.35. The number of halogens is 1. The highest BCUT2D eigenvalue weighted by atomic mass is 127. The smallest absolute Gasteiger partial charge is 0.232 e. The second-order valence-corrected chi connectivity index (χ2v) is 7.39. The van der Waals surface area contributed by atoms with E-state index in [0.29, 0.717) is 18.5 Å². The molecule has 0 aromatic heterocycles. The maximum atomic E-state index is 12.8. The van der Waals surface area contributed by atoms with Gasteiger partial charge in [-0.3, -0.25) is 4.79 Å². The van der Waals surface area contributed by atoms with Gasteiger partial charge in [-0.15, -0.1) is 0 Å². The molecule has 0 unspecified atom stereocenters. The fraction of sp³-hybridized carbons (Fsp3) is 0.409. The van der Waals surface area contributed by atoms with Gasteiger partial charge in [-0.1, -0.05) is 60.7 Å². The number of rotatable bonds is 8. The summed E-state index contributed by atoms with van der Waals surface area (Å²) < 4.78 is 0. The van der Waals surface area contributed by atoms with Gasteiger partial charge in [-0.2, -0.15) is 0 Å². The van der Waals surface area contributed by atoms with Gasteiger partial charge in [-0.25, -0.2) is 0 Å². The van der Waals surface area contributed by atoms with E-state index in [1.165, 1.54) is 4.90 Å². The monoisotopic (exact) mass is 466 g/mol. The van der Waals surface area contributed by atoms with Gasteiger partial charge in [0.15, 0.2) is 0 Å². The number of carbonyl (C=O) groups excluding carboxylic acids is 1. The SMILES string of the molecule is CC(C)[NH+](CCC(C(N)=O)(c1ccccc1)c1ccccc1)C(C)C.[I-]. The van der Waals surface area contributed by atoms with E-state index in [1.807, 2.05) is 60.7 Å². The first-order chi connectivity index (χ1) is 11.9. The largest absolute Gasteiger partial charge is 1.00 e. The van der Waals surface area contributed by atoms with Crippen LogP contribution in [0, 0.1) is 0 Å². The Balaban J connectivity index is 0.00000338. The van der Waals surface area contributed by atoms with E-state index in [-0.39, 0.29) is 29.9 Å². The Morgan fingerprint density at radius 2 is 1.27 bits per heavy atom. The standard InChI is InChI=1S/C22H30N2O.HI/c1-17(2)24(18(3)4)16-15-22(21(23)25,19-11-7-5-8-12-19)20-13-9-6-10-14-20;/h5-14,17-18H,15-16H2,1-4H3,(H2,23,25);1H. The van der Waals surface area contributed by atoms with Gasteiger partial charge in [0.25, 0.3) is 0 Å². The van der Waals surface area contributed by atoms with Crippen LogP contribution in [0.5, 0.6) is 0 Å². The molecule has 2 rings (SSSR count). The Morgan fingerprint density at radius 3 is 1.58 bits per heavy atom. The van der Waals surface area contributed by atoms with E-state index in [1.54, 1.807) is 0 Å². The Hall–Kier alpha value is -1.40. The van der Waals surface area contributed by atoms with Crippen LogP contribution < -0.4 is 34.6 Å². The normalized spacial score (nSPS) is 11.7. The molecule has 142 valence electrons. The quantitative estimate of drug-likeness (QED) is 0.509. The molecule has 2 aromatic rings. The first-order valence-corrected chi connectivity index (χ1v) is 9.16. The molecule has 0 heterocycles. The molecule has 4 heteroatoms. The molecule has 0 bridgehead atoms. The van der Waals surface area contributed by atoms with Gasteiger partial charge in [0.1, 0.15) is 5.41 Å². The summed E-state index contributed by atoms with van der Waals surface area (Å²) in [4.78, 5) is 14.3. The minimum absolute atomic E-state index is 0. The predicted molar refractivity (Wildman–Crippen MR) is 104 cm³/mol. The molecule has 0 spiro atoms. The molecule has 0 saturated heterocycles. The summed E-state index contributed by atoms with van der Waals surface area (Å²) in [5, 5.41) is 0. The van der Waals surface area contributed by atoms with Crippen LogP contribution in [0.3, 0.4) is 0 Å². The summed E-state index contributed by atoms with van der Waals surface area (Å²) in [7, 11) is 0. The number of hydrogen-bond acceptors (Lipinski definition) is 1. The van der Waals surface area contributed by atoms with Gasteiger partial charge in [-0.05, 0) is 38.8 Å². The molecule has 1 amide bonds. The van der Waals surface area contributed by atoms with Crippen molar-refractivity contribution in [2.45, 2.75) is 51.6 Å². The van der Waals surface area contributed by atoms with Crippen molar-refractivity contribution in [3.05, 3.63) is 71.8 Å². The fourth-order valence-electron chi connectivity index (χ4n) is 3.88. The van der Waals surface area contributed by atoms with Crippen LogP contribution in [0.1, 0.15) is 45.2 Å². The third-order valence-electron chi connectivity index (χ3n) is 5.23. The van der Waals surface area contributed by atoms with E-state index in [4.69, 9.17) is 5.73 Å². The number of amides is 1. The second-order valence-electron chi connectivity index (χ2n) is 7.39. The summed E-state index contributed by atoms with van der Waals surface area (Å²) in [6.07, 6.45) is 0.696. The van der Waals surface area contributed by atoms with E-state index in [0.717, 1.165) is 17.7 Å². The third kappa shape index (κ3) is 4.86. The number of hydrogen-bond donors (Lipinski definition) is 2. The van der Waals surface area contributed by atoms with E-state index >= 15 is 0 Å². The molecule has 3 N–H and O–H groups in total. The summed E-state index contributed by atoms with van der Waals surface area (Å²) in [6.45, 7) is 9.80. The maximum absolute atomic E-state index is 12.8. The van der Waals surface area contributed by atoms with E-state index < -0.39 is 5.41 Å². The predicted octanol–water partition coefficient (Wildman–Crippen LogP) is -0.446. The van der Waals surface area contributed by atoms with Crippen LogP contribution in [-0.2, 0) is 10.2 Å². The van der Waals surface area contributed by atoms with Crippen LogP contribution in [0.15, 0.2) is 60.7 Å². The van der Waals surface area contributed by atoms with E-state index in [9.17, 15) is 4.79 Å². The van der Waals surface area contributed by atoms with Crippen LogP contribution in [-0.4, -0.2) is 24.5 Å². The average Bonchev–Trinajstić information content (AvgIpc) is 2.59. The van der Waals surface area contributed by atoms with Gasteiger partial charge < -0.3 is 34.6 Å². The summed E-state index contributed by atoms with van der Waals surface area (Å²) in [5.41, 5.74) is 7.18. The number of carbonyl (C=O) groups is 1. The highest BCUT2D eigenvalue weighted by Gasteiger charge is 2.41. The Labute approximate surface area is 175 Å². The number of nitrogens with one attached hydrogen (secondary N) is 1. The van der Waals surface area contributed by atoms with Crippen molar-refractivity contribution >= 4 is 5.91 Å². The maximum Gasteiger partial charge on any atom is 0.232 e. The van der Waals surface area contributed by atoms with Crippen molar-refractivity contribution in [3.8, 4) is 0 Å². The average molecular weight is 466 g/mol. The molecule has 26 heavy (non-hydrogen) atoms. The zero-order valence-corrected chi connectivity index (χ0v) is 18.4. The highest BCUT2D eigenvalue weighted by molar-refractivity contribution is 5.90. The van der Waals surface area contributed by atoms with Crippen molar-refractivity contribution in [2.24, 2.45) is 5.73 Å². The van der Waals surface area contributed by atoms with E-state index in [2.05, 4.69) is 27.7 Å². The lowest BCUT2D eigenvalue weighted by Crippen LogP contribution is -3.18. The molecular weight excluding hydrogens is 435 g/mol. The molecule has 0 aliphatic heterocycles. The van der Waals surface area contributed by atoms with Gasteiger partial charge >= 0.3 is 0 Å². The van der Waals surface area contributed by atoms with Crippen LogP contribution in [0.25, 0.3) is 0 Å². The zero-order chi connectivity index (χ0) is 18.4. The van der Waals surface area contributed by atoms with Crippen molar-refractivity contribution in [1.29, 1.82) is 0 Å². The zero-order valence-electron chi connectivity index (χ0n) is 16.2. The van der Waals surface area contributed by atoms with Crippen LogP contribution in [0.4, 0.5) is 0 Å². The molecule has 0 saturated carbocycles. The van der Waals surface area contributed by atoms with Gasteiger partial charge in [0, 0.05) is 6.42 Å². The number of primary amides is 1. The molecule has 0 atom stereocenters.